The average molecular weight is 327 g/mol. The monoisotopic (exact) mass is 327 g/mol. The second-order valence-electron chi connectivity index (χ2n) is 4.96. The molecule has 0 saturated carbocycles. The fraction of sp³-hybridized carbons (Fsp3) is 0.385. The Morgan fingerprint density at radius 3 is 2.52 bits per heavy atom. The minimum atomic E-state index is -3.37. The lowest BCUT2D eigenvalue weighted by atomic mass is 10.1. The van der Waals surface area contributed by atoms with E-state index in [1.165, 1.54) is 18.4 Å². The molecular formula is C13H17N3O3S2. The molecule has 0 spiro atoms. The molecule has 1 aromatic heterocycles. The summed E-state index contributed by atoms with van der Waals surface area (Å²) in [5, 5.41) is 3.13. The van der Waals surface area contributed by atoms with E-state index in [-0.39, 0.29) is 6.54 Å². The zero-order chi connectivity index (χ0) is 15.8. The number of amides is 1. The van der Waals surface area contributed by atoms with Gasteiger partial charge in [-0.1, -0.05) is 23.5 Å². The molecule has 114 valence electrons. The van der Waals surface area contributed by atoms with Crippen LogP contribution in [0, 0.1) is 13.8 Å². The molecule has 0 unspecified atom stereocenters. The van der Waals surface area contributed by atoms with Crippen molar-refractivity contribution < 1.29 is 13.2 Å². The first-order valence-electron chi connectivity index (χ1n) is 6.26. The summed E-state index contributed by atoms with van der Waals surface area (Å²) in [7, 11) is -2.01. The summed E-state index contributed by atoms with van der Waals surface area (Å²) in [6.45, 7) is 3.72. The van der Waals surface area contributed by atoms with Crippen LogP contribution in [-0.4, -0.2) is 43.5 Å². The third-order valence-corrected chi connectivity index (χ3v) is 5.49. The Morgan fingerprint density at radius 1 is 1.33 bits per heavy atom. The van der Waals surface area contributed by atoms with E-state index in [0.717, 1.165) is 31.9 Å². The highest BCUT2D eigenvalue weighted by Crippen LogP contribution is 2.30. The second-order valence-corrected chi connectivity index (χ2v) is 8.05. The maximum atomic E-state index is 11.9. The summed E-state index contributed by atoms with van der Waals surface area (Å²) < 4.78 is 24.6. The molecule has 8 heteroatoms. The summed E-state index contributed by atoms with van der Waals surface area (Å²) in [6.07, 6.45) is 1.06. The molecular weight excluding hydrogens is 310 g/mol. The van der Waals surface area contributed by atoms with Gasteiger partial charge in [0.15, 0.2) is 5.13 Å². The molecule has 0 atom stereocenters. The number of thiazole rings is 1. The molecule has 0 bridgehead atoms. The molecule has 0 aliphatic heterocycles. The van der Waals surface area contributed by atoms with Gasteiger partial charge in [-0.25, -0.2) is 13.4 Å². The molecule has 1 heterocycles. The number of fused-ring (bicyclic) bond motifs is 1. The quantitative estimate of drug-likeness (QED) is 0.928. The number of likely N-dealkylation sites (N-methyl/N-ethyl adjacent to an activating group) is 1. The smallest absolute Gasteiger partial charge is 0.241 e. The topological polar surface area (TPSA) is 79.4 Å². The van der Waals surface area contributed by atoms with Crippen molar-refractivity contribution in [2.75, 3.05) is 25.2 Å². The van der Waals surface area contributed by atoms with Crippen LogP contribution in [-0.2, 0) is 14.8 Å². The molecule has 0 radical (unpaired) electrons. The molecule has 0 aliphatic carbocycles. The number of benzene rings is 1. The highest BCUT2D eigenvalue weighted by Gasteiger charge is 2.17. The van der Waals surface area contributed by atoms with E-state index in [1.807, 2.05) is 26.0 Å². The van der Waals surface area contributed by atoms with Crippen LogP contribution in [0.4, 0.5) is 5.13 Å². The number of nitrogens with one attached hydrogen (secondary N) is 1. The number of hydrogen-bond donors (Lipinski definition) is 1. The van der Waals surface area contributed by atoms with E-state index in [0.29, 0.717) is 5.13 Å². The molecule has 2 aromatic rings. The van der Waals surface area contributed by atoms with Crippen molar-refractivity contribution in [2.24, 2.45) is 0 Å². The van der Waals surface area contributed by atoms with Gasteiger partial charge < -0.3 is 5.32 Å². The van der Waals surface area contributed by atoms with Gasteiger partial charge in [-0.15, -0.1) is 0 Å². The summed E-state index contributed by atoms with van der Waals surface area (Å²) in [5.74, 6) is -0.405. The lowest BCUT2D eigenvalue weighted by Crippen LogP contribution is -2.34. The fourth-order valence-corrected chi connectivity index (χ4v) is 3.17. The largest absolute Gasteiger partial charge is 0.301 e. The van der Waals surface area contributed by atoms with Gasteiger partial charge in [-0.3, -0.25) is 4.79 Å². The van der Waals surface area contributed by atoms with Gasteiger partial charge in [0.25, 0.3) is 0 Å². The van der Waals surface area contributed by atoms with E-state index in [4.69, 9.17) is 0 Å². The standard InChI is InChI=1S/C13H17N3O3S2/c1-8-5-6-9(2)12-11(8)15-13(20-12)14-10(17)7-16(3)21(4,18)19/h5-6H,7H2,1-4H3,(H,14,15,17). The zero-order valence-corrected chi connectivity index (χ0v) is 13.9. The summed E-state index contributed by atoms with van der Waals surface area (Å²) in [6, 6.07) is 4.00. The van der Waals surface area contributed by atoms with Crippen LogP contribution in [0.2, 0.25) is 0 Å². The van der Waals surface area contributed by atoms with Gasteiger partial charge in [-0.05, 0) is 25.0 Å². The first-order valence-corrected chi connectivity index (χ1v) is 8.93. The summed E-state index contributed by atoms with van der Waals surface area (Å²) in [4.78, 5) is 16.3. The van der Waals surface area contributed by atoms with Gasteiger partial charge in [0.2, 0.25) is 15.9 Å². The molecule has 21 heavy (non-hydrogen) atoms. The number of anilines is 1. The van der Waals surface area contributed by atoms with Gasteiger partial charge >= 0.3 is 0 Å². The van der Waals surface area contributed by atoms with Crippen molar-refractivity contribution in [1.82, 2.24) is 9.29 Å². The van der Waals surface area contributed by atoms with E-state index in [1.54, 1.807) is 0 Å². The van der Waals surface area contributed by atoms with Gasteiger partial charge in [0.1, 0.15) is 0 Å². The van der Waals surface area contributed by atoms with Crippen LogP contribution in [0.25, 0.3) is 10.2 Å². The van der Waals surface area contributed by atoms with Crippen molar-refractivity contribution in [3.63, 3.8) is 0 Å². The van der Waals surface area contributed by atoms with Crippen molar-refractivity contribution in [3.05, 3.63) is 23.3 Å². The Hall–Kier alpha value is -1.51. The van der Waals surface area contributed by atoms with E-state index >= 15 is 0 Å². The molecule has 1 amide bonds. The molecule has 0 aliphatic rings. The number of sulfonamides is 1. The minimum Gasteiger partial charge on any atom is -0.301 e. The fourth-order valence-electron chi connectivity index (χ4n) is 1.79. The molecule has 6 nitrogen and oxygen atoms in total. The molecule has 1 N–H and O–H groups in total. The number of hydrogen-bond acceptors (Lipinski definition) is 5. The highest BCUT2D eigenvalue weighted by atomic mass is 32.2. The normalized spacial score (nSPS) is 12.0. The van der Waals surface area contributed by atoms with E-state index in [9.17, 15) is 13.2 Å². The van der Waals surface area contributed by atoms with Gasteiger partial charge in [0.05, 0.1) is 23.0 Å². The summed E-state index contributed by atoms with van der Waals surface area (Å²) >= 11 is 1.39. The first kappa shape index (κ1) is 15.9. The van der Waals surface area contributed by atoms with Crippen molar-refractivity contribution in [1.29, 1.82) is 0 Å². The number of carbonyl (C=O) groups excluding carboxylic acids is 1. The number of aryl methyl sites for hydroxylation is 2. The van der Waals surface area contributed by atoms with Gasteiger partial charge in [0, 0.05) is 7.05 Å². The number of aromatic nitrogens is 1. The predicted octanol–water partition coefficient (Wildman–Crippen LogP) is 1.74. The minimum absolute atomic E-state index is 0.229. The summed E-state index contributed by atoms with van der Waals surface area (Å²) in [5.41, 5.74) is 3.01. The van der Waals surface area contributed by atoms with Crippen molar-refractivity contribution in [3.8, 4) is 0 Å². The number of carbonyl (C=O) groups is 1. The van der Waals surface area contributed by atoms with E-state index < -0.39 is 15.9 Å². The Balaban J connectivity index is 2.19. The predicted molar refractivity (Wildman–Crippen MR) is 85.2 cm³/mol. The molecule has 0 fully saturated rings. The third kappa shape index (κ3) is 3.58. The Labute approximate surface area is 127 Å². The number of rotatable bonds is 4. The maximum absolute atomic E-state index is 11.9. The Morgan fingerprint density at radius 2 is 1.95 bits per heavy atom. The van der Waals surface area contributed by atoms with Crippen LogP contribution in [0.1, 0.15) is 11.1 Å². The zero-order valence-electron chi connectivity index (χ0n) is 12.3. The third-order valence-electron chi connectivity index (χ3n) is 3.12. The van der Waals surface area contributed by atoms with Crippen LogP contribution in [0.5, 0.6) is 0 Å². The Kier molecular flexibility index (Phi) is 4.31. The van der Waals surface area contributed by atoms with Crippen LogP contribution in [0.15, 0.2) is 12.1 Å². The lowest BCUT2D eigenvalue weighted by molar-refractivity contribution is -0.116. The van der Waals surface area contributed by atoms with Crippen LogP contribution in [0.3, 0.4) is 0 Å². The SMILES string of the molecule is Cc1ccc(C)c2sc(NC(=O)CN(C)S(C)(=O)=O)nc12. The lowest BCUT2D eigenvalue weighted by Gasteiger charge is -2.12. The highest BCUT2D eigenvalue weighted by molar-refractivity contribution is 7.88. The van der Waals surface area contributed by atoms with Crippen molar-refractivity contribution in [2.45, 2.75) is 13.8 Å². The molecule has 0 saturated heterocycles. The molecule has 2 rings (SSSR count). The second kappa shape index (κ2) is 5.70. The van der Waals surface area contributed by atoms with E-state index in [2.05, 4.69) is 10.3 Å². The first-order chi connectivity index (χ1) is 9.68. The number of nitrogens with zero attached hydrogens (tertiary/aromatic N) is 2. The van der Waals surface area contributed by atoms with Gasteiger partial charge in [-0.2, -0.15) is 4.31 Å². The van der Waals surface area contributed by atoms with Crippen molar-refractivity contribution >= 4 is 42.6 Å². The van der Waals surface area contributed by atoms with Crippen LogP contribution >= 0.6 is 11.3 Å². The Bertz CT molecular complexity index is 757. The van der Waals surface area contributed by atoms with Crippen LogP contribution < -0.4 is 5.32 Å². The molecule has 1 aromatic carbocycles. The average Bonchev–Trinajstić information content (AvgIpc) is 2.77. The maximum Gasteiger partial charge on any atom is 0.241 e.